The smallest absolute Gasteiger partial charge is 0.258 e. The summed E-state index contributed by atoms with van der Waals surface area (Å²) in [6.45, 7) is 0. The molecule has 0 unspecified atom stereocenters. The Morgan fingerprint density at radius 2 is 1.82 bits per heavy atom. The van der Waals surface area contributed by atoms with Crippen LogP contribution in [-0.2, 0) is 17.0 Å². The fourth-order valence-electron chi connectivity index (χ4n) is 1.52. The third-order valence-electron chi connectivity index (χ3n) is 2.57. The Morgan fingerprint density at radius 1 is 1.23 bits per heavy atom. The van der Waals surface area contributed by atoms with Gasteiger partial charge in [-0.3, -0.25) is 10.1 Å². The molecule has 116 valence electrons. The Bertz CT molecular complexity index is 750. The first-order chi connectivity index (χ1) is 10.2. The van der Waals surface area contributed by atoms with Gasteiger partial charge in [0.25, 0.3) is 5.69 Å². The summed E-state index contributed by atoms with van der Waals surface area (Å²) >= 11 is 5.70. The second kappa shape index (κ2) is 6.01. The number of aromatic nitrogens is 1. The topological polar surface area (TPSA) is 73.1 Å². The van der Waals surface area contributed by atoms with E-state index in [1.54, 1.807) is 0 Å². The lowest BCUT2D eigenvalue weighted by molar-refractivity contribution is -0.384. The Balaban J connectivity index is 2.35. The number of rotatable bonds is 3. The summed E-state index contributed by atoms with van der Waals surface area (Å²) in [6.07, 6.45) is -4.07. The summed E-state index contributed by atoms with van der Waals surface area (Å²) in [5, 5.41) is 9.88. The van der Waals surface area contributed by atoms with Gasteiger partial charge in [0, 0.05) is 23.2 Å². The van der Waals surface area contributed by atoms with Crippen LogP contribution in [0.5, 0.6) is 0 Å². The number of halogens is 4. The van der Waals surface area contributed by atoms with Gasteiger partial charge in [-0.15, -0.1) is 0 Å². The van der Waals surface area contributed by atoms with Gasteiger partial charge in [0.2, 0.25) is 0 Å². The fraction of sp³-hybridized carbons (Fsp3) is 0.0833. The second-order valence-electron chi connectivity index (χ2n) is 4.03. The van der Waals surface area contributed by atoms with Crippen LogP contribution in [0.4, 0.5) is 18.9 Å². The van der Waals surface area contributed by atoms with E-state index in [1.165, 1.54) is 12.1 Å². The summed E-state index contributed by atoms with van der Waals surface area (Å²) in [6, 6.07) is 5.34. The highest BCUT2D eigenvalue weighted by molar-refractivity contribution is 7.85. The average Bonchev–Trinajstić information content (AvgIpc) is 2.45. The van der Waals surface area contributed by atoms with E-state index in [0.29, 0.717) is 12.3 Å². The number of nitro groups is 1. The van der Waals surface area contributed by atoms with Crippen LogP contribution in [0.15, 0.2) is 46.5 Å². The molecule has 0 aliphatic heterocycles. The van der Waals surface area contributed by atoms with Crippen LogP contribution in [0, 0.1) is 10.1 Å². The number of non-ortho nitro benzene ring substituents is 1. The van der Waals surface area contributed by atoms with E-state index < -0.39 is 32.5 Å². The van der Waals surface area contributed by atoms with Gasteiger partial charge in [0.15, 0.2) is 5.03 Å². The highest BCUT2D eigenvalue weighted by atomic mass is 35.5. The largest absolute Gasteiger partial charge is 0.417 e. The standard InChI is InChI=1S/C12H6ClF3N2O3S/c13-10-5-7(12(14,15)16)6-17-11(10)22(21)9-3-1-8(2-4-9)18(19)20/h1-6H/t22-/m1/s1. The van der Waals surface area contributed by atoms with E-state index in [2.05, 4.69) is 4.98 Å². The second-order valence-corrected chi connectivity index (χ2v) is 5.83. The minimum atomic E-state index is -4.61. The van der Waals surface area contributed by atoms with Crippen molar-refractivity contribution in [2.75, 3.05) is 0 Å². The van der Waals surface area contributed by atoms with Crippen LogP contribution in [0.1, 0.15) is 5.56 Å². The third-order valence-corrected chi connectivity index (χ3v) is 4.35. The van der Waals surface area contributed by atoms with Gasteiger partial charge in [-0.1, -0.05) is 11.6 Å². The number of pyridine rings is 1. The van der Waals surface area contributed by atoms with Gasteiger partial charge in [0.1, 0.15) is 10.8 Å². The lowest BCUT2D eigenvalue weighted by Gasteiger charge is -2.09. The molecule has 5 nitrogen and oxygen atoms in total. The normalized spacial score (nSPS) is 12.9. The van der Waals surface area contributed by atoms with E-state index >= 15 is 0 Å². The zero-order valence-electron chi connectivity index (χ0n) is 10.5. The van der Waals surface area contributed by atoms with Crippen LogP contribution in [0.2, 0.25) is 5.02 Å². The van der Waals surface area contributed by atoms with E-state index in [0.717, 1.165) is 12.1 Å². The Labute approximate surface area is 129 Å². The summed E-state index contributed by atoms with van der Waals surface area (Å²) in [4.78, 5) is 13.5. The van der Waals surface area contributed by atoms with Crippen molar-refractivity contribution in [2.45, 2.75) is 16.1 Å². The Hall–Kier alpha value is -2.00. The number of nitrogens with zero attached hydrogens (tertiary/aromatic N) is 2. The molecule has 0 N–H and O–H groups in total. The first-order valence-electron chi connectivity index (χ1n) is 5.59. The summed E-state index contributed by atoms with van der Waals surface area (Å²) in [5.41, 5.74) is -1.26. The average molecular weight is 351 g/mol. The van der Waals surface area contributed by atoms with Crippen LogP contribution in [0.25, 0.3) is 0 Å². The molecule has 0 radical (unpaired) electrons. The molecule has 1 atom stereocenters. The van der Waals surface area contributed by atoms with Crippen LogP contribution < -0.4 is 0 Å². The number of nitro benzene ring substituents is 1. The number of benzene rings is 1. The monoisotopic (exact) mass is 350 g/mol. The number of alkyl halides is 3. The van der Waals surface area contributed by atoms with Gasteiger partial charge >= 0.3 is 6.18 Å². The van der Waals surface area contributed by atoms with Gasteiger partial charge in [-0.05, 0) is 18.2 Å². The quantitative estimate of drug-likeness (QED) is 0.623. The molecular formula is C12H6ClF3N2O3S. The van der Waals surface area contributed by atoms with Crippen LogP contribution in [-0.4, -0.2) is 14.1 Å². The molecule has 2 aromatic rings. The molecule has 1 heterocycles. The lowest BCUT2D eigenvalue weighted by atomic mass is 10.3. The van der Waals surface area contributed by atoms with Gasteiger partial charge in [0.05, 0.1) is 15.5 Å². The molecule has 0 aliphatic carbocycles. The molecule has 22 heavy (non-hydrogen) atoms. The minimum absolute atomic E-state index is 0.139. The number of hydrogen-bond acceptors (Lipinski definition) is 4. The predicted molar refractivity (Wildman–Crippen MR) is 72.0 cm³/mol. The van der Waals surface area contributed by atoms with Crippen molar-refractivity contribution in [1.82, 2.24) is 4.98 Å². The highest BCUT2D eigenvalue weighted by Gasteiger charge is 2.32. The van der Waals surface area contributed by atoms with E-state index in [-0.39, 0.29) is 15.6 Å². The molecule has 0 spiro atoms. The lowest BCUT2D eigenvalue weighted by Crippen LogP contribution is -2.07. The van der Waals surface area contributed by atoms with E-state index in [1.807, 2.05) is 0 Å². The van der Waals surface area contributed by atoms with Gasteiger partial charge in [-0.25, -0.2) is 9.19 Å². The van der Waals surface area contributed by atoms with Crippen molar-refractivity contribution in [1.29, 1.82) is 0 Å². The Kier molecular flexibility index (Phi) is 4.47. The maximum absolute atomic E-state index is 12.5. The molecule has 1 aromatic carbocycles. The Morgan fingerprint density at radius 3 is 2.27 bits per heavy atom. The highest BCUT2D eigenvalue weighted by Crippen LogP contribution is 2.32. The molecular weight excluding hydrogens is 345 g/mol. The summed E-state index contributed by atoms with van der Waals surface area (Å²) in [5.74, 6) is 0. The predicted octanol–water partition coefficient (Wildman–Crippen LogP) is 3.83. The van der Waals surface area contributed by atoms with Crippen molar-refractivity contribution in [3.05, 3.63) is 57.2 Å². The van der Waals surface area contributed by atoms with Crippen molar-refractivity contribution >= 4 is 28.1 Å². The van der Waals surface area contributed by atoms with Crippen LogP contribution in [0.3, 0.4) is 0 Å². The first-order valence-corrected chi connectivity index (χ1v) is 7.12. The SMILES string of the molecule is O=[N+]([O-])c1ccc([S@@](=O)c2ncc(C(F)(F)F)cc2Cl)cc1. The van der Waals surface area contributed by atoms with Crippen molar-refractivity contribution in [3.63, 3.8) is 0 Å². The molecule has 2 rings (SSSR count). The van der Waals surface area contributed by atoms with Gasteiger partial charge < -0.3 is 0 Å². The molecule has 10 heteroatoms. The van der Waals surface area contributed by atoms with Crippen molar-refractivity contribution in [2.24, 2.45) is 0 Å². The van der Waals surface area contributed by atoms with E-state index in [9.17, 15) is 27.5 Å². The van der Waals surface area contributed by atoms with Crippen LogP contribution >= 0.6 is 11.6 Å². The van der Waals surface area contributed by atoms with Crippen molar-refractivity contribution < 1.29 is 22.3 Å². The summed E-state index contributed by atoms with van der Waals surface area (Å²) in [7, 11) is -1.95. The minimum Gasteiger partial charge on any atom is -0.258 e. The molecule has 0 bridgehead atoms. The maximum Gasteiger partial charge on any atom is 0.417 e. The van der Waals surface area contributed by atoms with Gasteiger partial charge in [-0.2, -0.15) is 13.2 Å². The maximum atomic E-state index is 12.5. The molecule has 0 saturated carbocycles. The fourth-order valence-corrected chi connectivity index (χ4v) is 2.89. The molecule has 0 aliphatic rings. The molecule has 0 fully saturated rings. The first kappa shape index (κ1) is 16.4. The number of hydrogen-bond donors (Lipinski definition) is 0. The third kappa shape index (κ3) is 3.42. The zero-order valence-corrected chi connectivity index (χ0v) is 12.1. The molecule has 1 aromatic heterocycles. The summed E-state index contributed by atoms with van der Waals surface area (Å²) < 4.78 is 49.7. The van der Waals surface area contributed by atoms with E-state index in [4.69, 9.17) is 11.6 Å². The van der Waals surface area contributed by atoms with Crippen molar-refractivity contribution in [3.8, 4) is 0 Å². The molecule has 0 amide bonds. The molecule has 0 saturated heterocycles. The zero-order chi connectivity index (χ0) is 16.5.